The third kappa shape index (κ3) is 2.40. The highest BCUT2D eigenvalue weighted by Gasteiger charge is 2.03. The Morgan fingerprint density at radius 2 is 1.70 bits per heavy atom. The normalized spacial score (nSPS) is 10.3. The highest BCUT2D eigenvalue weighted by atomic mass is 31.2. The fourth-order valence-electron chi connectivity index (χ4n) is 0.721. The van der Waals surface area contributed by atoms with Crippen molar-refractivity contribution in [3.63, 3.8) is 0 Å². The van der Waals surface area contributed by atoms with Crippen LogP contribution in [0.5, 0.6) is 0 Å². The second kappa shape index (κ2) is 3.62. The second-order valence-electron chi connectivity index (χ2n) is 1.95. The molecule has 0 aliphatic carbocycles. The maximum atomic E-state index is 11.8. The zero-order chi connectivity index (χ0) is 7.40. The van der Waals surface area contributed by atoms with Crippen LogP contribution in [0, 0.1) is 0 Å². The highest BCUT2D eigenvalue weighted by Crippen LogP contribution is 2.42. The lowest BCUT2D eigenvalue weighted by Gasteiger charge is -1.95. The van der Waals surface area contributed by atoms with E-state index in [4.69, 9.17) is 0 Å². The molecular weight excluding hydrogens is 153 g/mol. The first kappa shape index (κ1) is 7.62. The number of hydrogen-bond donors (Lipinski definition) is 0. The summed E-state index contributed by atoms with van der Waals surface area (Å²) in [5, 5.41) is 0. The molecule has 0 saturated heterocycles. The minimum atomic E-state index is -2.78. The quantitative estimate of drug-likeness (QED) is 0.581. The molecule has 0 fully saturated rings. The highest BCUT2D eigenvalue weighted by molar-refractivity contribution is 7.45. The van der Waals surface area contributed by atoms with E-state index in [1.54, 1.807) is 24.3 Å². The summed E-state index contributed by atoms with van der Waals surface area (Å²) in [5.74, 6) is 0. The topological polar surface area (TPSA) is 0 Å². The summed E-state index contributed by atoms with van der Waals surface area (Å²) in [6.07, 6.45) is -0.0732. The van der Waals surface area contributed by atoms with Crippen LogP contribution in [0.25, 0.3) is 0 Å². The van der Waals surface area contributed by atoms with E-state index in [2.05, 4.69) is 0 Å². The summed E-state index contributed by atoms with van der Waals surface area (Å²) in [7, 11) is -2.78. The van der Waals surface area contributed by atoms with Crippen LogP contribution >= 0.6 is 8.54 Å². The summed E-state index contributed by atoms with van der Waals surface area (Å²) >= 11 is 0. The Morgan fingerprint density at radius 3 is 2.20 bits per heavy atom. The van der Waals surface area contributed by atoms with Crippen molar-refractivity contribution in [2.75, 3.05) is 0 Å². The van der Waals surface area contributed by atoms with Gasteiger partial charge in [0.05, 0.1) is 6.16 Å². The molecule has 0 saturated carbocycles. The van der Waals surface area contributed by atoms with Crippen LogP contribution in [0.4, 0.5) is 8.39 Å². The molecule has 0 nitrogen and oxygen atoms in total. The lowest BCUT2D eigenvalue weighted by molar-refractivity contribution is 0.740. The van der Waals surface area contributed by atoms with E-state index in [0.717, 1.165) is 5.56 Å². The van der Waals surface area contributed by atoms with Gasteiger partial charge < -0.3 is 0 Å². The molecule has 0 radical (unpaired) electrons. The van der Waals surface area contributed by atoms with Crippen LogP contribution in [0.1, 0.15) is 5.56 Å². The van der Waals surface area contributed by atoms with Gasteiger partial charge >= 0.3 is 0 Å². The Balaban J connectivity index is 2.59. The molecule has 54 valence electrons. The van der Waals surface area contributed by atoms with Gasteiger partial charge in [0.15, 0.2) is 0 Å². The molecule has 0 N–H and O–H groups in total. The van der Waals surface area contributed by atoms with Crippen molar-refractivity contribution in [1.29, 1.82) is 0 Å². The lowest BCUT2D eigenvalue weighted by Crippen LogP contribution is -1.75. The summed E-state index contributed by atoms with van der Waals surface area (Å²) in [4.78, 5) is 0. The van der Waals surface area contributed by atoms with Gasteiger partial charge in [-0.3, -0.25) is 0 Å². The van der Waals surface area contributed by atoms with Gasteiger partial charge in [0.1, 0.15) is 0 Å². The van der Waals surface area contributed by atoms with Crippen LogP contribution in [0.15, 0.2) is 30.3 Å². The zero-order valence-electron chi connectivity index (χ0n) is 5.30. The maximum Gasteiger partial charge on any atom is 0.270 e. The largest absolute Gasteiger partial charge is 0.270 e. The van der Waals surface area contributed by atoms with Crippen LogP contribution < -0.4 is 0 Å². The minimum absolute atomic E-state index is 0.0732. The molecule has 0 amide bonds. The van der Waals surface area contributed by atoms with Crippen molar-refractivity contribution in [3.05, 3.63) is 35.9 Å². The monoisotopic (exact) mass is 160 g/mol. The number of hydrogen-bond acceptors (Lipinski definition) is 0. The van der Waals surface area contributed by atoms with Crippen molar-refractivity contribution in [3.8, 4) is 0 Å². The third-order valence-electron chi connectivity index (χ3n) is 1.14. The molecule has 0 aromatic heterocycles. The van der Waals surface area contributed by atoms with Crippen molar-refractivity contribution in [2.24, 2.45) is 0 Å². The zero-order valence-corrected chi connectivity index (χ0v) is 6.19. The molecule has 0 unspecified atom stereocenters. The van der Waals surface area contributed by atoms with Crippen LogP contribution in [-0.2, 0) is 6.16 Å². The molecule has 0 atom stereocenters. The summed E-state index contributed by atoms with van der Waals surface area (Å²) in [6.45, 7) is 0. The van der Waals surface area contributed by atoms with E-state index in [1.165, 1.54) is 0 Å². The standard InChI is InChI=1S/C7H7F2P/c8-10(9)6-7-4-2-1-3-5-7/h1-5H,6H2. The van der Waals surface area contributed by atoms with Gasteiger partial charge in [-0.25, -0.2) is 0 Å². The van der Waals surface area contributed by atoms with Crippen molar-refractivity contribution < 1.29 is 8.39 Å². The number of rotatable bonds is 2. The molecule has 0 aliphatic rings. The summed E-state index contributed by atoms with van der Waals surface area (Å²) < 4.78 is 23.6. The van der Waals surface area contributed by atoms with E-state index in [0.29, 0.717) is 0 Å². The van der Waals surface area contributed by atoms with Gasteiger partial charge in [0.2, 0.25) is 0 Å². The average molecular weight is 160 g/mol. The SMILES string of the molecule is FP(F)Cc1ccccc1. The molecule has 0 heterocycles. The van der Waals surface area contributed by atoms with Crippen LogP contribution in [-0.4, -0.2) is 0 Å². The van der Waals surface area contributed by atoms with Crippen molar-refractivity contribution >= 4 is 8.54 Å². The van der Waals surface area contributed by atoms with Gasteiger partial charge in [-0.2, -0.15) is 8.39 Å². The first-order valence-corrected chi connectivity index (χ1v) is 4.23. The molecule has 1 aromatic carbocycles. The molecule has 1 rings (SSSR count). The lowest BCUT2D eigenvalue weighted by atomic mass is 10.2. The van der Waals surface area contributed by atoms with Gasteiger partial charge in [0, 0.05) is 0 Å². The van der Waals surface area contributed by atoms with E-state index in [-0.39, 0.29) is 6.16 Å². The summed E-state index contributed by atoms with van der Waals surface area (Å²) in [6, 6.07) is 8.80. The van der Waals surface area contributed by atoms with E-state index < -0.39 is 8.54 Å². The third-order valence-corrected chi connectivity index (χ3v) is 1.75. The maximum absolute atomic E-state index is 11.8. The van der Waals surface area contributed by atoms with Gasteiger partial charge in [0.25, 0.3) is 8.54 Å². The Hall–Kier alpha value is -0.490. The molecule has 0 aliphatic heterocycles. The smallest absolute Gasteiger partial charge is 0.188 e. The van der Waals surface area contributed by atoms with E-state index in [1.807, 2.05) is 6.07 Å². The first-order valence-electron chi connectivity index (χ1n) is 2.92. The second-order valence-corrected chi connectivity index (χ2v) is 2.87. The molecule has 3 heteroatoms. The Kier molecular flexibility index (Phi) is 2.76. The first-order chi connectivity index (χ1) is 4.79. The molecule has 0 spiro atoms. The molecule has 0 bridgehead atoms. The fraction of sp³-hybridized carbons (Fsp3) is 0.143. The molecule has 1 aromatic rings. The number of halogens is 2. The fourth-order valence-corrected chi connectivity index (χ4v) is 1.21. The predicted molar refractivity (Wildman–Crippen MR) is 39.3 cm³/mol. The molecule has 10 heavy (non-hydrogen) atoms. The Labute approximate surface area is 59.9 Å². The average Bonchev–Trinajstić information content (AvgIpc) is 1.88. The van der Waals surface area contributed by atoms with Crippen LogP contribution in [0.3, 0.4) is 0 Å². The predicted octanol–water partition coefficient (Wildman–Crippen LogP) is 3.44. The van der Waals surface area contributed by atoms with Gasteiger partial charge in [-0.1, -0.05) is 30.3 Å². The Bertz CT molecular complexity index is 186. The van der Waals surface area contributed by atoms with Gasteiger partial charge in [-0.15, -0.1) is 0 Å². The summed E-state index contributed by atoms with van der Waals surface area (Å²) in [5.41, 5.74) is 0.721. The number of benzene rings is 1. The Morgan fingerprint density at radius 1 is 1.10 bits per heavy atom. The van der Waals surface area contributed by atoms with Crippen LogP contribution in [0.2, 0.25) is 0 Å². The minimum Gasteiger partial charge on any atom is -0.188 e. The molecular formula is C7H7F2P. The van der Waals surface area contributed by atoms with Gasteiger partial charge in [-0.05, 0) is 5.56 Å². The van der Waals surface area contributed by atoms with E-state index in [9.17, 15) is 8.39 Å². The van der Waals surface area contributed by atoms with Crippen molar-refractivity contribution in [2.45, 2.75) is 6.16 Å². The van der Waals surface area contributed by atoms with Crippen molar-refractivity contribution in [1.82, 2.24) is 0 Å². The van der Waals surface area contributed by atoms with E-state index >= 15 is 0 Å².